The molecule has 1 aromatic heterocycles. The molecule has 0 radical (unpaired) electrons. The van der Waals surface area contributed by atoms with Gasteiger partial charge in [-0.15, -0.1) is 0 Å². The topological polar surface area (TPSA) is 67.2 Å². The van der Waals surface area contributed by atoms with Crippen molar-refractivity contribution in [2.45, 2.75) is 31.8 Å². The van der Waals surface area contributed by atoms with Crippen LogP contribution in [0.1, 0.15) is 29.2 Å². The van der Waals surface area contributed by atoms with Crippen molar-refractivity contribution < 1.29 is 8.42 Å². The molecule has 0 spiro atoms. The van der Waals surface area contributed by atoms with Gasteiger partial charge >= 0.3 is 0 Å². The molecule has 0 aliphatic carbocycles. The zero-order valence-electron chi connectivity index (χ0n) is 17.4. The monoisotopic (exact) mass is 424 g/mol. The number of benzene rings is 2. The Balaban J connectivity index is 1.52. The van der Waals surface area contributed by atoms with E-state index in [1.165, 1.54) is 11.8 Å². The number of piperidine rings is 1. The summed E-state index contributed by atoms with van der Waals surface area (Å²) in [6, 6.07) is 20.1. The van der Waals surface area contributed by atoms with E-state index in [2.05, 4.69) is 33.1 Å². The minimum absolute atomic E-state index is 0.152. The summed E-state index contributed by atoms with van der Waals surface area (Å²) in [6.07, 6.45) is 4.22. The first-order valence-electron chi connectivity index (χ1n) is 10.2. The van der Waals surface area contributed by atoms with Crippen LogP contribution in [0.3, 0.4) is 0 Å². The highest BCUT2D eigenvalue weighted by atomic mass is 32.2. The van der Waals surface area contributed by atoms with Gasteiger partial charge in [-0.25, -0.2) is 17.8 Å². The lowest BCUT2D eigenvalue weighted by Gasteiger charge is -2.38. The number of aryl methyl sites for hydroxylation is 1. The summed E-state index contributed by atoms with van der Waals surface area (Å²) in [4.78, 5) is 2.32. The third kappa shape index (κ3) is 4.98. The molecule has 1 fully saturated rings. The molecule has 0 unspecified atom stereocenters. The van der Waals surface area contributed by atoms with Crippen molar-refractivity contribution in [3.8, 4) is 5.69 Å². The van der Waals surface area contributed by atoms with Crippen molar-refractivity contribution in [2.75, 3.05) is 19.3 Å². The van der Waals surface area contributed by atoms with Crippen LogP contribution in [0, 0.1) is 6.92 Å². The van der Waals surface area contributed by atoms with E-state index in [1.54, 1.807) is 0 Å². The van der Waals surface area contributed by atoms with E-state index < -0.39 is 10.0 Å². The summed E-state index contributed by atoms with van der Waals surface area (Å²) in [6.45, 7) is 4.36. The Labute approximate surface area is 178 Å². The van der Waals surface area contributed by atoms with Crippen LogP contribution in [0.15, 0.2) is 66.9 Å². The smallest absolute Gasteiger partial charge is 0.209 e. The lowest BCUT2D eigenvalue weighted by atomic mass is 9.85. The van der Waals surface area contributed by atoms with Gasteiger partial charge in [0.15, 0.2) is 0 Å². The number of rotatable bonds is 6. The van der Waals surface area contributed by atoms with E-state index in [-0.39, 0.29) is 12.0 Å². The molecule has 4 rings (SSSR count). The highest BCUT2D eigenvalue weighted by molar-refractivity contribution is 7.88. The molecule has 3 aromatic rings. The Kier molecular flexibility index (Phi) is 6.04. The van der Waals surface area contributed by atoms with Crippen LogP contribution in [0.25, 0.3) is 5.69 Å². The molecule has 30 heavy (non-hydrogen) atoms. The largest absolute Gasteiger partial charge is 0.297 e. The van der Waals surface area contributed by atoms with Crippen LogP contribution >= 0.6 is 0 Å². The van der Waals surface area contributed by atoms with Gasteiger partial charge in [0, 0.05) is 36.8 Å². The van der Waals surface area contributed by atoms with Crippen LogP contribution in [-0.4, -0.2) is 48.5 Å². The molecule has 2 aromatic carbocycles. The standard InChI is InChI=1S/C23H28N4O2S/c1-18-20(16-27(24-18)21-11-7-4-8-12-21)15-26-14-13-22(19-9-5-3-6-10-19)23(17-26)25-30(2,28)29/h3-12,16,22-23,25H,13-15,17H2,1-2H3/t22-,23-/m0/s1. The van der Waals surface area contributed by atoms with E-state index >= 15 is 0 Å². The Morgan fingerprint density at radius 1 is 1.07 bits per heavy atom. The van der Waals surface area contributed by atoms with Crippen molar-refractivity contribution in [2.24, 2.45) is 0 Å². The second-order valence-corrected chi connectivity index (χ2v) is 9.84. The maximum atomic E-state index is 12.0. The molecule has 0 saturated carbocycles. The highest BCUT2D eigenvalue weighted by Gasteiger charge is 2.32. The summed E-state index contributed by atoms with van der Waals surface area (Å²) in [5, 5.41) is 4.67. The Morgan fingerprint density at radius 3 is 2.40 bits per heavy atom. The molecule has 0 amide bonds. The molecule has 1 aliphatic heterocycles. The molecule has 0 bridgehead atoms. The SMILES string of the molecule is Cc1nn(-c2ccccc2)cc1CN1CC[C@@H](c2ccccc2)[C@@H](NS(C)(=O)=O)C1. The predicted molar refractivity (Wildman–Crippen MR) is 119 cm³/mol. The first-order valence-corrected chi connectivity index (χ1v) is 12.1. The van der Waals surface area contributed by atoms with Gasteiger partial charge in [0.2, 0.25) is 10.0 Å². The Morgan fingerprint density at radius 2 is 1.73 bits per heavy atom. The number of sulfonamides is 1. The lowest BCUT2D eigenvalue weighted by Crippen LogP contribution is -2.51. The lowest BCUT2D eigenvalue weighted by molar-refractivity contribution is 0.176. The van der Waals surface area contributed by atoms with E-state index in [0.717, 1.165) is 36.5 Å². The molecule has 1 saturated heterocycles. The Bertz CT molecular complexity index is 1080. The van der Waals surface area contributed by atoms with Gasteiger partial charge < -0.3 is 0 Å². The maximum Gasteiger partial charge on any atom is 0.209 e. The minimum atomic E-state index is -3.29. The summed E-state index contributed by atoms with van der Waals surface area (Å²) in [5.41, 5.74) is 4.38. The first kappa shape index (κ1) is 20.8. The molecule has 1 N–H and O–H groups in total. The number of aromatic nitrogens is 2. The number of hydrogen-bond donors (Lipinski definition) is 1. The van der Waals surface area contributed by atoms with E-state index in [1.807, 2.05) is 60.1 Å². The van der Waals surface area contributed by atoms with Crippen molar-refractivity contribution in [3.63, 3.8) is 0 Å². The molecule has 2 atom stereocenters. The van der Waals surface area contributed by atoms with E-state index in [9.17, 15) is 8.42 Å². The van der Waals surface area contributed by atoms with E-state index in [4.69, 9.17) is 0 Å². The number of likely N-dealkylation sites (tertiary alicyclic amines) is 1. The van der Waals surface area contributed by atoms with Crippen molar-refractivity contribution in [1.29, 1.82) is 0 Å². The van der Waals surface area contributed by atoms with Crippen LogP contribution < -0.4 is 4.72 Å². The van der Waals surface area contributed by atoms with Gasteiger partial charge in [-0.3, -0.25) is 4.90 Å². The van der Waals surface area contributed by atoms with Crippen molar-refractivity contribution >= 4 is 10.0 Å². The number of hydrogen-bond acceptors (Lipinski definition) is 4. The van der Waals surface area contributed by atoms with Gasteiger partial charge in [-0.05, 0) is 37.6 Å². The van der Waals surface area contributed by atoms with E-state index in [0.29, 0.717) is 6.54 Å². The number of nitrogens with one attached hydrogen (secondary N) is 1. The zero-order chi connectivity index (χ0) is 21.1. The van der Waals surface area contributed by atoms with Gasteiger partial charge in [-0.2, -0.15) is 5.10 Å². The second-order valence-electron chi connectivity index (χ2n) is 8.06. The number of para-hydroxylation sites is 1. The quantitative estimate of drug-likeness (QED) is 0.660. The molecular weight excluding hydrogens is 396 g/mol. The average molecular weight is 425 g/mol. The van der Waals surface area contributed by atoms with Crippen LogP contribution in [-0.2, 0) is 16.6 Å². The van der Waals surface area contributed by atoms with Gasteiger partial charge in [0.1, 0.15) is 0 Å². The minimum Gasteiger partial charge on any atom is -0.297 e. The summed E-state index contributed by atoms with van der Waals surface area (Å²) in [5.74, 6) is 0.172. The summed E-state index contributed by atoms with van der Waals surface area (Å²) >= 11 is 0. The van der Waals surface area contributed by atoms with Gasteiger partial charge in [-0.1, -0.05) is 48.5 Å². The van der Waals surface area contributed by atoms with Crippen molar-refractivity contribution in [1.82, 2.24) is 19.4 Å². The van der Waals surface area contributed by atoms with Gasteiger partial charge in [0.05, 0.1) is 17.6 Å². The molecular formula is C23H28N4O2S. The zero-order valence-corrected chi connectivity index (χ0v) is 18.2. The second kappa shape index (κ2) is 8.71. The van der Waals surface area contributed by atoms with Crippen LogP contribution in [0.5, 0.6) is 0 Å². The Hall–Kier alpha value is -2.48. The predicted octanol–water partition coefficient (Wildman–Crippen LogP) is 3.09. The van der Waals surface area contributed by atoms with Crippen LogP contribution in [0.4, 0.5) is 0 Å². The fourth-order valence-electron chi connectivity index (χ4n) is 4.26. The molecule has 158 valence electrons. The maximum absolute atomic E-state index is 12.0. The molecule has 7 heteroatoms. The third-order valence-electron chi connectivity index (χ3n) is 5.71. The van der Waals surface area contributed by atoms with Crippen LogP contribution in [0.2, 0.25) is 0 Å². The third-order valence-corrected chi connectivity index (χ3v) is 6.44. The summed E-state index contributed by atoms with van der Waals surface area (Å²) < 4.78 is 28.8. The fraction of sp³-hybridized carbons (Fsp3) is 0.348. The fourth-order valence-corrected chi connectivity index (χ4v) is 5.05. The average Bonchev–Trinajstić information content (AvgIpc) is 3.09. The molecule has 2 heterocycles. The first-order chi connectivity index (χ1) is 14.4. The highest BCUT2D eigenvalue weighted by Crippen LogP contribution is 2.30. The number of nitrogens with zero attached hydrogens (tertiary/aromatic N) is 3. The van der Waals surface area contributed by atoms with Gasteiger partial charge in [0.25, 0.3) is 0 Å². The normalized spacial score (nSPS) is 20.3. The molecule has 6 nitrogen and oxygen atoms in total. The van der Waals surface area contributed by atoms with Crippen molar-refractivity contribution in [3.05, 3.63) is 83.7 Å². The molecule has 1 aliphatic rings. The summed E-state index contributed by atoms with van der Waals surface area (Å²) in [7, 11) is -3.29.